The highest BCUT2D eigenvalue weighted by Crippen LogP contribution is 2.27. The molecule has 0 aliphatic rings. The van der Waals surface area contributed by atoms with Crippen LogP contribution in [0.5, 0.6) is 0 Å². The van der Waals surface area contributed by atoms with Crippen LogP contribution in [0.25, 0.3) is 10.9 Å². The van der Waals surface area contributed by atoms with Gasteiger partial charge in [-0.2, -0.15) is 0 Å². The van der Waals surface area contributed by atoms with Gasteiger partial charge in [0, 0.05) is 28.8 Å². The largest absolute Gasteiger partial charge is 0.298 e. The number of rotatable bonds is 3. The average molecular weight is 329 g/mol. The Hall–Kier alpha value is -2.99. The van der Waals surface area contributed by atoms with Crippen molar-refractivity contribution in [3.63, 3.8) is 0 Å². The first-order valence-corrected chi connectivity index (χ1v) is 6.94. The van der Waals surface area contributed by atoms with E-state index in [2.05, 4.69) is 0 Å². The highest BCUT2D eigenvalue weighted by Gasteiger charge is 2.19. The van der Waals surface area contributed by atoms with Gasteiger partial charge in [-0.3, -0.25) is 24.3 Å². The summed E-state index contributed by atoms with van der Waals surface area (Å²) in [5.74, 6) is -0.478. The minimum Gasteiger partial charge on any atom is -0.298 e. The molecule has 0 saturated carbocycles. The van der Waals surface area contributed by atoms with Crippen molar-refractivity contribution in [2.75, 3.05) is 0 Å². The van der Waals surface area contributed by atoms with E-state index in [1.54, 1.807) is 24.3 Å². The van der Waals surface area contributed by atoms with E-state index in [1.165, 1.54) is 22.9 Å². The lowest BCUT2D eigenvalue weighted by atomic mass is 10.2. The molecular formula is C16H9ClN2O4. The molecule has 3 aromatic rings. The summed E-state index contributed by atoms with van der Waals surface area (Å²) < 4.78 is 1.30. The van der Waals surface area contributed by atoms with Crippen LogP contribution in [0.1, 0.15) is 20.7 Å². The van der Waals surface area contributed by atoms with Gasteiger partial charge in [-0.25, -0.2) is 0 Å². The van der Waals surface area contributed by atoms with E-state index in [0.717, 1.165) is 6.07 Å². The third-order valence-corrected chi connectivity index (χ3v) is 3.80. The first kappa shape index (κ1) is 14.9. The summed E-state index contributed by atoms with van der Waals surface area (Å²) in [7, 11) is 0. The molecule has 0 N–H and O–H groups in total. The van der Waals surface area contributed by atoms with Crippen molar-refractivity contribution in [1.29, 1.82) is 0 Å². The lowest BCUT2D eigenvalue weighted by Gasteiger charge is -2.05. The Morgan fingerprint density at radius 1 is 1.22 bits per heavy atom. The number of nitro benzene ring substituents is 1. The lowest BCUT2D eigenvalue weighted by molar-refractivity contribution is -0.384. The number of aldehydes is 1. The third-order valence-electron chi connectivity index (χ3n) is 3.48. The molecule has 1 heterocycles. The molecule has 6 nitrogen and oxygen atoms in total. The van der Waals surface area contributed by atoms with Crippen LogP contribution in [0.4, 0.5) is 5.69 Å². The molecule has 0 saturated heterocycles. The first-order chi connectivity index (χ1) is 11.0. The summed E-state index contributed by atoms with van der Waals surface area (Å²) in [6, 6.07) is 10.8. The van der Waals surface area contributed by atoms with E-state index in [4.69, 9.17) is 11.6 Å². The van der Waals surface area contributed by atoms with Crippen LogP contribution in [-0.2, 0) is 0 Å². The van der Waals surface area contributed by atoms with Gasteiger partial charge in [0.2, 0.25) is 0 Å². The Kier molecular flexibility index (Phi) is 3.67. The number of fused-ring (bicyclic) bond motifs is 1. The summed E-state index contributed by atoms with van der Waals surface area (Å²) in [6.45, 7) is 0. The van der Waals surface area contributed by atoms with Crippen LogP contribution in [0.3, 0.4) is 0 Å². The number of carbonyl (C=O) groups excluding carboxylic acids is 2. The molecule has 0 amide bonds. The average Bonchev–Trinajstić information content (AvgIpc) is 2.93. The molecule has 7 heteroatoms. The summed E-state index contributed by atoms with van der Waals surface area (Å²) in [6.07, 6.45) is 2.08. The SMILES string of the molecule is O=Cc1cn(C(=O)c2ccc(Cl)c([N+](=O)[O-])c2)c2ccccc12. The maximum absolute atomic E-state index is 12.7. The van der Waals surface area contributed by atoms with Crippen LogP contribution in [0.15, 0.2) is 48.7 Å². The van der Waals surface area contributed by atoms with Crippen molar-refractivity contribution in [3.8, 4) is 0 Å². The molecule has 1 aromatic heterocycles. The number of hydrogen-bond donors (Lipinski definition) is 0. The van der Waals surface area contributed by atoms with E-state index in [0.29, 0.717) is 22.8 Å². The number of aromatic nitrogens is 1. The molecule has 3 rings (SSSR count). The van der Waals surface area contributed by atoms with Crippen molar-refractivity contribution in [1.82, 2.24) is 4.57 Å². The van der Waals surface area contributed by atoms with Gasteiger partial charge in [0.15, 0.2) is 6.29 Å². The highest BCUT2D eigenvalue weighted by atomic mass is 35.5. The zero-order chi connectivity index (χ0) is 16.6. The molecule has 0 fully saturated rings. The normalized spacial score (nSPS) is 10.7. The first-order valence-electron chi connectivity index (χ1n) is 6.57. The zero-order valence-corrected chi connectivity index (χ0v) is 12.4. The van der Waals surface area contributed by atoms with Gasteiger partial charge in [0.05, 0.1) is 10.4 Å². The summed E-state index contributed by atoms with van der Waals surface area (Å²) >= 11 is 5.76. The van der Waals surface area contributed by atoms with Crippen molar-refractivity contribution in [2.24, 2.45) is 0 Å². The van der Waals surface area contributed by atoms with E-state index in [-0.39, 0.29) is 16.3 Å². The summed E-state index contributed by atoms with van der Waals surface area (Å²) in [4.78, 5) is 34.1. The monoisotopic (exact) mass is 328 g/mol. The second kappa shape index (κ2) is 5.66. The molecule has 0 bridgehead atoms. The Bertz CT molecular complexity index is 962. The van der Waals surface area contributed by atoms with Gasteiger partial charge in [0.25, 0.3) is 11.6 Å². The second-order valence-electron chi connectivity index (χ2n) is 4.82. The smallest absolute Gasteiger partial charge is 0.288 e. The minimum atomic E-state index is -0.649. The van der Waals surface area contributed by atoms with Gasteiger partial charge in [0.1, 0.15) is 5.02 Å². The van der Waals surface area contributed by atoms with Gasteiger partial charge >= 0.3 is 0 Å². The maximum Gasteiger partial charge on any atom is 0.288 e. The number of halogens is 1. The predicted molar refractivity (Wildman–Crippen MR) is 85.2 cm³/mol. The van der Waals surface area contributed by atoms with E-state index < -0.39 is 10.8 Å². The molecule has 0 spiro atoms. The molecule has 0 atom stereocenters. The van der Waals surface area contributed by atoms with Crippen molar-refractivity contribution >= 4 is 40.4 Å². The quantitative estimate of drug-likeness (QED) is 0.417. The Morgan fingerprint density at radius 2 is 1.96 bits per heavy atom. The number of nitro groups is 1. The van der Waals surface area contributed by atoms with Gasteiger partial charge in [-0.1, -0.05) is 29.8 Å². The second-order valence-corrected chi connectivity index (χ2v) is 5.23. The number of hydrogen-bond acceptors (Lipinski definition) is 4. The van der Waals surface area contributed by atoms with Crippen molar-refractivity contribution in [2.45, 2.75) is 0 Å². The molecule has 114 valence electrons. The summed E-state index contributed by atoms with van der Waals surface area (Å²) in [5.41, 5.74) is 0.693. The maximum atomic E-state index is 12.7. The number of benzene rings is 2. The van der Waals surface area contributed by atoms with E-state index >= 15 is 0 Å². The molecular weight excluding hydrogens is 320 g/mol. The van der Waals surface area contributed by atoms with Crippen LogP contribution in [-0.4, -0.2) is 21.7 Å². The van der Waals surface area contributed by atoms with Gasteiger partial charge < -0.3 is 0 Å². The van der Waals surface area contributed by atoms with E-state index in [9.17, 15) is 19.7 Å². The van der Waals surface area contributed by atoms with Crippen molar-refractivity contribution in [3.05, 3.63) is 74.9 Å². The molecule has 0 unspecified atom stereocenters. The number of carbonyl (C=O) groups is 2. The van der Waals surface area contributed by atoms with Crippen LogP contribution in [0, 0.1) is 10.1 Å². The highest BCUT2D eigenvalue weighted by molar-refractivity contribution is 6.32. The van der Waals surface area contributed by atoms with Crippen molar-refractivity contribution < 1.29 is 14.5 Å². The number of para-hydroxylation sites is 1. The summed E-state index contributed by atoms with van der Waals surface area (Å²) in [5, 5.41) is 11.5. The van der Waals surface area contributed by atoms with Gasteiger partial charge in [-0.15, -0.1) is 0 Å². The van der Waals surface area contributed by atoms with E-state index in [1.807, 2.05) is 0 Å². The molecule has 0 aliphatic carbocycles. The fraction of sp³-hybridized carbons (Fsp3) is 0. The van der Waals surface area contributed by atoms with Crippen LogP contribution >= 0.6 is 11.6 Å². The predicted octanol–water partition coefficient (Wildman–Crippen LogP) is 3.70. The fourth-order valence-electron chi connectivity index (χ4n) is 2.39. The Balaban J connectivity index is 2.16. The molecule has 0 radical (unpaired) electrons. The fourth-order valence-corrected chi connectivity index (χ4v) is 2.58. The topological polar surface area (TPSA) is 82.2 Å². The minimum absolute atomic E-state index is 0.0440. The van der Waals surface area contributed by atoms with Gasteiger partial charge in [-0.05, 0) is 18.2 Å². The van der Waals surface area contributed by atoms with Crippen LogP contribution in [0.2, 0.25) is 5.02 Å². The molecule has 23 heavy (non-hydrogen) atoms. The lowest BCUT2D eigenvalue weighted by Crippen LogP contribution is -2.11. The number of nitrogens with zero attached hydrogens (tertiary/aromatic N) is 2. The molecule has 2 aromatic carbocycles. The third kappa shape index (κ3) is 2.49. The standard InChI is InChI=1S/C16H9ClN2O4/c17-13-6-5-10(7-15(13)19(22)23)16(21)18-8-11(9-20)12-3-1-2-4-14(12)18/h1-9H. The zero-order valence-electron chi connectivity index (χ0n) is 11.6. The molecule has 0 aliphatic heterocycles. The Morgan fingerprint density at radius 3 is 2.65 bits per heavy atom. The Labute approximate surface area is 135 Å². The van der Waals surface area contributed by atoms with Crippen LogP contribution < -0.4 is 0 Å².